The number of aryl methyl sites for hydroxylation is 1. The molecule has 2 fully saturated rings. The summed E-state index contributed by atoms with van der Waals surface area (Å²) in [6.45, 7) is 4.59. The number of carbonyl (C=O) groups is 1. The van der Waals surface area contributed by atoms with Crippen LogP contribution in [0.25, 0.3) is 0 Å². The van der Waals surface area contributed by atoms with Gasteiger partial charge in [-0.2, -0.15) is 0 Å². The number of rotatable bonds is 1. The number of nitrogens with zero attached hydrogens (tertiary/aromatic N) is 2. The highest BCUT2D eigenvalue weighted by Gasteiger charge is 2.41. The predicted molar refractivity (Wildman–Crippen MR) is 66.6 cm³/mol. The maximum Gasteiger partial charge on any atom is 0.273 e. The molecule has 18 heavy (non-hydrogen) atoms. The first-order chi connectivity index (χ1) is 8.69. The van der Waals surface area contributed by atoms with Crippen LogP contribution in [-0.4, -0.2) is 47.9 Å². The Morgan fingerprint density at radius 2 is 2.06 bits per heavy atom. The number of thiazole rings is 1. The predicted octanol–water partition coefficient (Wildman–Crippen LogP) is 1.43. The van der Waals surface area contributed by atoms with E-state index in [-0.39, 0.29) is 5.91 Å². The molecule has 6 heteroatoms. The molecule has 98 valence electrons. The molecule has 0 unspecified atom stereocenters. The second-order valence-electron chi connectivity index (χ2n) is 4.65. The van der Waals surface area contributed by atoms with Crippen LogP contribution >= 0.6 is 11.3 Å². The van der Waals surface area contributed by atoms with E-state index in [9.17, 15) is 4.79 Å². The molecular weight excluding hydrogens is 252 g/mol. The molecule has 1 aromatic rings. The number of aromatic nitrogens is 1. The van der Waals surface area contributed by atoms with Gasteiger partial charge in [0.2, 0.25) is 0 Å². The van der Waals surface area contributed by atoms with E-state index >= 15 is 0 Å². The van der Waals surface area contributed by atoms with Gasteiger partial charge in [0.25, 0.3) is 5.91 Å². The lowest BCUT2D eigenvalue weighted by Crippen LogP contribution is -2.47. The largest absolute Gasteiger partial charge is 0.347 e. The summed E-state index contributed by atoms with van der Waals surface area (Å²) in [4.78, 5) is 18.3. The Labute approximate surface area is 110 Å². The van der Waals surface area contributed by atoms with Gasteiger partial charge in [0.05, 0.1) is 18.2 Å². The minimum atomic E-state index is -0.422. The van der Waals surface area contributed by atoms with Crippen LogP contribution < -0.4 is 0 Å². The summed E-state index contributed by atoms with van der Waals surface area (Å²) in [5, 5.41) is 2.75. The van der Waals surface area contributed by atoms with Crippen LogP contribution in [0.5, 0.6) is 0 Å². The molecule has 1 spiro atoms. The molecule has 3 heterocycles. The van der Waals surface area contributed by atoms with Crippen molar-refractivity contribution in [1.82, 2.24) is 9.88 Å². The van der Waals surface area contributed by atoms with Crippen LogP contribution in [0, 0.1) is 6.92 Å². The quantitative estimate of drug-likeness (QED) is 0.773. The lowest BCUT2D eigenvalue weighted by Gasteiger charge is -2.37. The van der Waals surface area contributed by atoms with Crippen LogP contribution in [0.1, 0.15) is 28.3 Å². The molecule has 2 aliphatic heterocycles. The number of amides is 1. The Bertz CT molecular complexity index is 444. The third kappa shape index (κ3) is 2.15. The number of piperidine rings is 1. The fraction of sp³-hybridized carbons (Fsp3) is 0.667. The molecule has 0 atom stereocenters. The summed E-state index contributed by atoms with van der Waals surface area (Å²) in [6, 6.07) is 0. The second kappa shape index (κ2) is 4.60. The summed E-state index contributed by atoms with van der Waals surface area (Å²) in [6.07, 6.45) is 1.50. The Hall–Kier alpha value is -0.980. The third-order valence-corrected chi connectivity index (χ3v) is 4.24. The molecule has 0 bridgehead atoms. The Kier molecular flexibility index (Phi) is 3.09. The zero-order valence-corrected chi connectivity index (χ0v) is 11.2. The maximum absolute atomic E-state index is 12.2. The normalized spacial score (nSPS) is 22.6. The summed E-state index contributed by atoms with van der Waals surface area (Å²) in [7, 11) is 0. The van der Waals surface area contributed by atoms with Gasteiger partial charge >= 0.3 is 0 Å². The van der Waals surface area contributed by atoms with E-state index in [1.165, 1.54) is 11.3 Å². The van der Waals surface area contributed by atoms with Gasteiger partial charge in [0.1, 0.15) is 5.69 Å². The molecule has 1 amide bonds. The molecule has 0 N–H and O–H groups in total. The van der Waals surface area contributed by atoms with E-state index in [0.29, 0.717) is 32.0 Å². The van der Waals surface area contributed by atoms with Crippen LogP contribution in [0.2, 0.25) is 0 Å². The molecule has 3 rings (SSSR count). The van der Waals surface area contributed by atoms with E-state index in [1.807, 2.05) is 17.2 Å². The molecule has 2 aliphatic rings. The van der Waals surface area contributed by atoms with Crippen molar-refractivity contribution in [1.29, 1.82) is 0 Å². The van der Waals surface area contributed by atoms with Crippen LogP contribution in [0.4, 0.5) is 0 Å². The van der Waals surface area contributed by atoms with E-state index in [1.54, 1.807) is 0 Å². The molecule has 0 aromatic carbocycles. The summed E-state index contributed by atoms with van der Waals surface area (Å²) >= 11 is 1.51. The highest BCUT2D eigenvalue weighted by Crippen LogP contribution is 2.31. The number of carbonyl (C=O) groups excluding carboxylic acids is 1. The van der Waals surface area contributed by atoms with Gasteiger partial charge in [-0.15, -0.1) is 11.3 Å². The molecule has 0 radical (unpaired) electrons. The third-order valence-electron chi connectivity index (χ3n) is 3.46. The van der Waals surface area contributed by atoms with Gasteiger partial charge < -0.3 is 14.4 Å². The maximum atomic E-state index is 12.2. The van der Waals surface area contributed by atoms with Crippen molar-refractivity contribution in [3.05, 3.63) is 16.1 Å². The topological polar surface area (TPSA) is 51.7 Å². The second-order valence-corrected chi connectivity index (χ2v) is 5.71. The molecule has 5 nitrogen and oxygen atoms in total. The Morgan fingerprint density at radius 3 is 2.61 bits per heavy atom. The van der Waals surface area contributed by atoms with Crippen LogP contribution in [-0.2, 0) is 9.47 Å². The highest BCUT2D eigenvalue weighted by molar-refractivity contribution is 7.09. The highest BCUT2D eigenvalue weighted by atomic mass is 32.1. The zero-order chi connectivity index (χ0) is 12.6. The van der Waals surface area contributed by atoms with Gasteiger partial charge in [-0.3, -0.25) is 4.79 Å². The lowest BCUT2D eigenvalue weighted by atomic mass is 10.0. The number of hydrogen-bond acceptors (Lipinski definition) is 5. The zero-order valence-electron chi connectivity index (χ0n) is 10.3. The summed E-state index contributed by atoms with van der Waals surface area (Å²) < 4.78 is 11.3. The van der Waals surface area contributed by atoms with Crippen molar-refractivity contribution in [3.8, 4) is 0 Å². The minimum Gasteiger partial charge on any atom is -0.347 e. The van der Waals surface area contributed by atoms with Crippen molar-refractivity contribution in [3.63, 3.8) is 0 Å². The first-order valence-electron chi connectivity index (χ1n) is 6.18. The van der Waals surface area contributed by atoms with Gasteiger partial charge in [-0.05, 0) is 6.92 Å². The Balaban J connectivity index is 1.64. The van der Waals surface area contributed by atoms with Crippen molar-refractivity contribution >= 4 is 17.2 Å². The smallest absolute Gasteiger partial charge is 0.273 e. The van der Waals surface area contributed by atoms with Crippen molar-refractivity contribution in [2.45, 2.75) is 25.6 Å². The van der Waals surface area contributed by atoms with E-state index < -0.39 is 5.79 Å². The Morgan fingerprint density at radius 1 is 1.39 bits per heavy atom. The summed E-state index contributed by atoms with van der Waals surface area (Å²) in [5.74, 6) is -0.401. The van der Waals surface area contributed by atoms with Crippen molar-refractivity contribution in [2.24, 2.45) is 0 Å². The molecule has 0 saturated carbocycles. The number of likely N-dealkylation sites (tertiary alicyclic amines) is 1. The van der Waals surface area contributed by atoms with Crippen molar-refractivity contribution < 1.29 is 14.3 Å². The monoisotopic (exact) mass is 268 g/mol. The van der Waals surface area contributed by atoms with Crippen LogP contribution in [0.15, 0.2) is 5.38 Å². The molecule has 0 aliphatic carbocycles. The molecule has 1 aromatic heterocycles. The average molecular weight is 268 g/mol. The molecular formula is C12H16N2O3S. The van der Waals surface area contributed by atoms with Crippen molar-refractivity contribution in [2.75, 3.05) is 26.3 Å². The number of ether oxygens (including phenoxy) is 2. The van der Waals surface area contributed by atoms with E-state index in [0.717, 1.165) is 17.8 Å². The first kappa shape index (κ1) is 12.1. The number of hydrogen-bond donors (Lipinski definition) is 0. The van der Waals surface area contributed by atoms with E-state index in [2.05, 4.69) is 4.98 Å². The summed E-state index contributed by atoms with van der Waals surface area (Å²) in [5.41, 5.74) is 0.557. The van der Waals surface area contributed by atoms with E-state index in [4.69, 9.17) is 9.47 Å². The van der Waals surface area contributed by atoms with Gasteiger partial charge in [0.15, 0.2) is 5.79 Å². The van der Waals surface area contributed by atoms with Crippen LogP contribution in [0.3, 0.4) is 0 Å². The van der Waals surface area contributed by atoms with Gasteiger partial charge in [0, 0.05) is 31.3 Å². The SMILES string of the molecule is Cc1nc(C(=O)N2CCC3(CC2)OCCO3)cs1. The van der Waals surface area contributed by atoms with Gasteiger partial charge in [-0.1, -0.05) is 0 Å². The lowest BCUT2D eigenvalue weighted by molar-refractivity contribution is -0.181. The molecule has 2 saturated heterocycles. The standard InChI is InChI=1S/C12H16N2O3S/c1-9-13-10(8-18-9)11(15)14-4-2-12(3-5-14)16-6-7-17-12/h8H,2-7H2,1H3. The first-order valence-corrected chi connectivity index (χ1v) is 7.06. The fourth-order valence-corrected chi connectivity index (χ4v) is 3.05. The average Bonchev–Trinajstić information content (AvgIpc) is 3.00. The minimum absolute atomic E-state index is 0.0206. The fourth-order valence-electron chi connectivity index (χ4n) is 2.46. The van der Waals surface area contributed by atoms with Gasteiger partial charge in [-0.25, -0.2) is 4.98 Å².